The fourth-order valence-corrected chi connectivity index (χ4v) is 2.54. The van der Waals surface area contributed by atoms with E-state index in [0.29, 0.717) is 6.61 Å². The Kier molecular flexibility index (Phi) is 7.63. The van der Waals surface area contributed by atoms with E-state index in [1.165, 1.54) is 0 Å². The molecule has 116 valence electrons. The van der Waals surface area contributed by atoms with Crippen LogP contribution in [0.2, 0.25) is 0 Å². The number of carbonyl (C=O) groups is 2. The molecule has 0 amide bonds. The zero-order chi connectivity index (χ0) is 15.0. The third-order valence-corrected chi connectivity index (χ3v) is 3.74. The second-order valence-electron chi connectivity index (χ2n) is 5.91. The molecule has 0 aromatic heterocycles. The summed E-state index contributed by atoms with van der Waals surface area (Å²) in [6.07, 6.45) is 6.05. The van der Waals surface area contributed by atoms with Crippen molar-refractivity contribution in [1.82, 2.24) is 0 Å². The van der Waals surface area contributed by atoms with Crippen molar-refractivity contribution in [3.05, 3.63) is 0 Å². The van der Waals surface area contributed by atoms with E-state index in [-0.39, 0.29) is 29.9 Å². The van der Waals surface area contributed by atoms with Crippen LogP contribution in [-0.4, -0.2) is 24.6 Å². The highest BCUT2D eigenvalue weighted by atomic mass is 16.5. The molecular formula is C16H28O4. The summed E-state index contributed by atoms with van der Waals surface area (Å²) in [6.45, 7) is 6.37. The predicted octanol–water partition coefficient (Wildman–Crippen LogP) is 3.48. The minimum atomic E-state index is -0.116. The van der Waals surface area contributed by atoms with E-state index in [0.717, 1.165) is 44.9 Å². The summed E-state index contributed by atoms with van der Waals surface area (Å²) in [6, 6.07) is 0. The van der Waals surface area contributed by atoms with Gasteiger partial charge in [0, 0.05) is 0 Å². The van der Waals surface area contributed by atoms with Crippen LogP contribution in [0, 0.1) is 11.8 Å². The van der Waals surface area contributed by atoms with Crippen molar-refractivity contribution in [2.24, 2.45) is 11.8 Å². The molecule has 0 aliphatic heterocycles. The van der Waals surface area contributed by atoms with Gasteiger partial charge in [0.2, 0.25) is 0 Å². The molecule has 20 heavy (non-hydrogen) atoms. The van der Waals surface area contributed by atoms with Crippen LogP contribution >= 0.6 is 0 Å². The van der Waals surface area contributed by atoms with Gasteiger partial charge in [0.05, 0.1) is 24.5 Å². The van der Waals surface area contributed by atoms with E-state index >= 15 is 0 Å². The van der Waals surface area contributed by atoms with Crippen molar-refractivity contribution in [1.29, 1.82) is 0 Å². The van der Waals surface area contributed by atoms with Gasteiger partial charge < -0.3 is 9.47 Å². The summed E-state index contributed by atoms with van der Waals surface area (Å²) >= 11 is 0. The highest BCUT2D eigenvalue weighted by Gasteiger charge is 2.31. The zero-order valence-corrected chi connectivity index (χ0v) is 13.0. The fourth-order valence-electron chi connectivity index (χ4n) is 2.54. The zero-order valence-electron chi connectivity index (χ0n) is 13.0. The molecule has 1 saturated carbocycles. The van der Waals surface area contributed by atoms with Crippen LogP contribution in [0.25, 0.3) is 0 Å². The van der Waals surface area contributed by atoms with E-state index in [4.69, 9.17) is 9.47 Å². The maximum Gasteiger partial charge on any atom is 0.309 e. The lowest BCUT2D eigenvalue weighted by Gasteiger charge is -2.26. The summed E-state index contributed by atoms with van der Waals surface area (Å²) in [5, 5.41) is 0. The third kappa shape index (κ3) is 5.93. The van der Waals surface area contributed by atoms with Crippen LogP contribution in [0.4, 0.5) is 0 Å². The van der Waals surface area contributed by atoms with E-state index in [9.17, 15) is 9.59 Å². The first kappa shape index (κ1) is 17.0. The Morgan fingerprint density at radius 1 is 1.00 bits per heavy atom. The van der Waals surface area contributed by atoms with Gasteiger partial charge in [0.25, 0.3) is 0 Å². The molecule has 1 aliphatic rings. The molecule has 0 aromatic carbocycles. The lowest BCUT2D eigenvalue weighted by atomic mass is 9.82. The maximum atomic E-state index is 11.9. The Morgan fingerprint density at radius 2 is 1.55 bits per heavy atom. The molecule has 1 fully saturated rings. The molecule has 4 nitrogen and oxygen atoms in total. The number of hydrogen-bond donors (Lipinski definition) is 0. The highest BCUT2D eigenvalue weighted by Crippen LogP contribution is 2.30. The number of carbonyl (C=O) groups excluding carboxylic acids is 2. The Morgan fingerprint density at radius 3 is 2.05 bits per heavy atom. The Hall–Kier alpha value is -1.06. The predicted molar refractivity (Wildman–Crippen MR) is 77.2 cm³/mol. The molecule has 0 bridgehead atoms. The van der Waals surface area contributed by atoms with Gasteiger partial charge in [-0.2, -0.15) is 0 Å². The lowest BCUT2D eigenvalue weighted by molar-refractivity contribution is -0.157. The average molecular weight is 284 g/mol. The highest BCUT2D eigenvalue weighted by molar-refractivity contribution is 5.75. The SMILES string of the molecule is CCCCCOC(=O)C1CCC(C(=O)OC(C)C)CC1. The summed E-state index contributed by atoms with van der Waals surface area (Å²) in [4.78, 5) is 23.7. The third-order valence-electron chi connectivity index (χ3n) is 3.74. The molecule has 0 radical (unpaired) electrons. The van der Waals surface area contributed by atoms with Gasteiger partial charge in [-0.05, 0) is 46.0 Å². The van der Waals surface area contributed by atoms with Crippen molar-refractivity contribution < 1.29 is 19.1 Å². The standard InChI is InChI=1S/C16H28O4/c1-4-5-6-11-19-15(17)13-7-9-14(10-8-13)16(18)20-12(2)3/h12-14H,4-11H2,1-3H3. The number of esters is 2. The van der Waals surface area contributed by atoms with Crippen molar-refractivity contribution in [2.75, 3.05) is 6.61 Å². The van der Waals surface area contributed by atoms with Crippen LogP contribution in [0.15, 0.2) is 0 Å². The molecule has 0 N–H and O–H groups in total. The van der Waals surface area contributed by atoms with Crippen molar-refractivity contribution in [2.45, 2.75) is 71.8 Å². The topological polar surface area (TPSA) is 52.6 Å². The first-order chi connectivity index (χ1) is 9.54. The first-order valence-corrected chi connectivity index (χ1v) is 7.91. The molecule has 0 atom stereocenters. The summed E-state index contributed by atoms with van der Waals surface area (Å²) < 4.78 is 10.5. The smallest absolute Gasteiger partial charge is 0.309 e. The molecule has 0 heterocycles. The number of rotatable bonds is 7. The largest absolute Gasteiger partial charge is 0.465 e. The normalized spacial score (nSPS) is 22.6. The molecular weight excluding hydrogens is 256 g/mol. The van der Waals surface area contributed by atoms with Crippen LogP contribution in [0.1, 0.15) is 65.7 Å². The lowest BCUT2D eigenvalue weighted by Crippen LogP contribution is -2.29. The Labute approximate surface area is 122 Å². The van der Waals surface area contributed by atoms with Crippen LogP contribution in [0.3, 0.4) is 0 Å². The number of ether oxygens (including phenoxy) is 2. The summed E-state index contributed by atoms with van der Waals surface area (Å²) in [5.74, 6) is -0.271. The second kappa shape index (κ2) is 8.98. The van der Waals surface area contributed by atoms with Crippen LogP contribution in [0.5, 0.6) is 0 Å². The molecule has 1 aliphatic carbocycles. The number of unbranched alkanes of at least 4 members (excludes halogenated alkanes) is 2. The van der Waals surface area contributed by atoms with E-state index in [2.05, 4.69) is 6.92 Å². The van der Waals surface area contributed by atoms with Crippen molar-refractivity contribution in [3.63, 3.8) is 0 Å². The van der Waals surface area contributed by atoms with Gasteiger partial charge in [-0.1, -0.05) is 19.8 Å². The quantitative estimate of drug-likeness (QED) is 0.530. The van der Waals surface area contributed by atoms with E-state index < -0.39 is 0 Å². The average Bonchev–Trinajstić information content (AvgIpc) is 2.43. The van der Waals surface area contributed by atoms with Gasteiger partial charge >= 0.3 is 11.9 Å². The maximum absolute atomic E-state index is 11.9. The fraction of sp³-hybridized carbons (Fsp3) is 0.875. The Balaban J connectivity index is 2.24. The van der Waals surface area contributed by atoms with E-state index in [1.807, 2.05) is 13.8 Å². The van der Waals surface area contributed by atoms with Crippen LogP contribution < -0.4 is 0 Å². The van der Waals surface area contributed by atoms with Crippen molar-refractivity contribution in [3.8, 4) is 0 Å². The van der Waals surface area contributed by atoms with E-state index in [1.54, 1.807) is 0 Å². The summed E-state index contributed by atoms with van der Waals surface area (Å²) in [7, 11) is 0. The first-order valence-electron chi connectivity index (χ1n) is 7.91. The minimum absolute atomic E-state index is 0.0280. The second-order valence-corrected chi connectivity index (χ2v) is 5.91. The van der Waals surface area contributed by atoms with Gasteiger partial charge in [-0.3, -0.25) is 9.59 Å². The molecule has 0 unspecified atom stereocenters. The van der Waals surface area contributed by atoms with Gasteiger partial charge in [0.1, 0.15) is 0 Å². The number of hydrogen-bond acceptors (Lipinski definition) is 4. The van der Waals surface area contributed by atoms with Crippen molar-refractivity contribution >= 4 is 11.9 Å². The Bertz CT molecular complexity index is 304. The van der Waals surface area contributed by atoms with Gasteiger partial charge in [-0.25, -0.2) is 0 Å². The van der Waals surface area contributed by atoms with Gasteiger partial charge in [-0.15, -0.1) is 0 Å². The molecule has 0 aromatic rings. The van der Waals surface area contributed by atoms with Gasteiger partial charge in [0.15, 0.2) is 0 Å². The summed E-state index contributed by atoms with van der Waals surface area (Å²) in [5.41, 5.74) is 0. The molecule has 0 spiro atoms. The molecule has 4 heteroatoms. The minimum Gasteiger partial charge on any atom is -0.465 e. The monoisotopic (exact) mass is 284 g/mol. The molecule has 0 saturated heterocycles. The molecule has 1 rings (SSSR count). The van der Waals surface area contributed by atoms with Crippen LogP contribution in [-0.2, 0) is 19.1 Å².